The fraction of sp³-hybridized carbons (Fsp3) is 0.0435. The second-order valence-electron chi connectivity index (χ2n) is 6.47. The highest BCUT2D eigenvalue weighted by molar-refractivity contribution is 5.80. The van der Waals surface area contributed by atoms with Crippen LogP contribution in [0.15, 0.2) is 71.5 Å². The molecule has 0 radical (unpaired) electrons. The molecule has 0 aliphatic rings. The van der Waals surface area contributed by atoms with Crippen LogP contribution in [0.25, 0.3) is 28.7 Å². The van der Waals surface area contributed by atoms with Gasteiger partial charge in [-0.1, -0.05) is 42.0 Å². The van der Waals surface area contributed by atoms with Gasteiger partial charge in [-0.15, -0.1) is 0 Å². The summed E-state index contributed by atoms with van der Waals surface area (Å²) in [6.45, 7) is 1.97. The Morgan fingerprint density at radius 2 is 1.64 bits per heavy atom. The van der Waals surface area contributed by atoms with Crippen molar-refractivity contribution < 1.29 is 8.78 Å². The summed E-state index contributed by atoms with van der Waals surface area (Å²) in [5.74, 6) is -1.43. The number of nitrogens with zero attached hydrogens (tertiary/aromatic N) is 2. The molecule has 3 nitrogen and oxygen atoms in total. The van der Waals surface area contributed by atoms with E-state index in [4.69, 9.17) is 0 Å². The first-order chi connectivity index (χ1) is 13.5. The summed E-state index contributed by atoms with van der Waals surface area (Å²) in [7, 11) is 0. The summed E-state index contributed by atoms with van der Waals surface area (Å²) >= 11 is 0. The lowest BCUT2D eigenvalue weighted by atomic mass is 10.2. The molecule has 1 heterocycles. The van der Waals surface area contributed by atoms with Crippen LogP contribution in [0.1, 0.15) is 17.0 Å². The molecule has 0 aliphatic carbocycles. The van der Waals surface area contributed by atoms with Gasteiger partial charge in [-0.25, -0.2) is 13.8 Å². The molecule has 0 saturated carbocycles. The van der Waals surface area contributed by atoms with Crippen LogP contribution >= 0.6 is 0 Å². The first-order valence-corrected chi connectivity index (χ1v) is 8.75. The van der Waals surface area contributed by atoms with Crippen LogP contribution in [0.5, 0.6) is 0 Å². The molecule has 0 atom stereocenters. The highest BCUT2D eigenvalue weighted by Crippen LogP contribution is 2.17. The smallest absolute Gasteiger partial charge is 0.266 e. The highest BCUT2D eigenvalue weighted by Gasteiger charge is 2.11. The quantitative estimate of drug-likeness (QED) is 0.497. The summed E-state index contributed by atoms with van der Waals surface area (Å²) in [5, 5.41) is 0.507. The number of benzene rings is 3. The molecule has 4 rings (SSSR count). The second kappa shape index (κ2) is 7.19. The molecule has 5 heteroatoms. The van der Waals surface area contributed by atoms with Crippen molar-refractivity contribution in [2.24, 2.45) is 0 Å². The summed E-state index contributed by atoms with van der Waals surface area (Å²) in [4.78, 5) is 17.7. The number of para-hydroxylation sites is 1. The van der Waals surface area contributed by atoms with Crippen LogP contribution in [0, 0.1) is 18.6 Å². The standard InChI is InChI=1S/C23H16F2N2O/c1-15-6-10-17(11-7-15)27-22(13-9-16-8-12-19(24)20(25)14-16)26-21-5-3-2-4-18(21)23(27)28/h2-14H,1H3. The lowest BCUT2D eigenvalue weighted by molar-refractivity contribution is 0.508. The van der Waals surface area contributed by atoms with Gasteiger partial charge in [0.2, 0.25) is 0 Å². The van der Waals surface area contributed by atoms with E-state index in [0.717, 1.165) is 17.7 Å². The minimum absolute atomic E-state index is 0.195. The lowest BCUT2D eigenvalue weighted by Gasteiger charge is -2.11. The zero-order valence-corrected chi connectivity index (χ0v) is 15.1. The lowest BCUT2D eigenvalue weighted by Crippen LogP contribution is -2.22. The fourth-order valence-electron chi connectivity index (χ4n) is 2.99. The molecule has 0 fully saturated rings. The molecular weight excluding hydrogens is 358 g/mol. The van der Waals surface area contributed by atoms with Crippen molar-refractivity contribution in [2.75, 3.05) is 0 Å². The predicted molar refractivity (Wildman–Crippen MR) is 107 cm³/mol. The van der Waals surface area contributed by atoms with E-state index in [2.05, 4.69) is 4.98 Å². The number of rotatable bonds is 3. The van der Waals surface area contributed by atoms with Gasteiger partial charge in [0.1, 0.15) is 5.82 Å². The maximum atomic E-state index is 13.5. The minimum Gasteiger partial charge on any atom is -0.268 e. The van der Waals surface area contributed by atoms with Crippen LogP contribution in [-0.2, 0) is 0 Å². The maximum Gasteiger partial charge on any atom is 0.266 e. The van der Waals surface area contributed by atoms with Crippen LogP contribution in [0.3, 0.4) is 0 Å². The molecular formula is C23H16F2N2O. The van der Waals surface area contributed by atoms with E-state index in [1.54, 1.807) is 30.4 Å². The van der Waals surface area contributed by atoms with Gasteiger partial charge in [-0.3, -0.25) is 9.36 Å². The zero-order valence-electron chi connectivity index (χ0n) is 15.1. The van der Waals surface area contributed by atoms with Crippen molar-refractivity contribution in [1.82, 2.24) is 9.55 Å². The molecule has 0 amide bonds. The number of fused-ring (bicyclic) bond motifs is 1. The van der Waals surface area contributed by atoms with E-state index in [0.29, 0.717) is 28.0 Å². The van der Waals surface area contributed by atoms with Crippen LogP contribution in [0.2, 0.25) is 0 Å². The van der Waals surface area contributed by atoms with E-state index in [-0.39, 0.29) is 5.56 Å². The summed E-state index contributed by atoms with van der Waals surface area (Å²) in [5.41, 5.74) is 2.60. The van der Waals surface area contributed by atoms with E-state index >= 15 is 0 Å². The molecule has 1 aromatic heterocycles. The van der Waals surface area contributed by atoms with Gasteiger partial charge in [-0.05, 0) is 55.0 Å². The van der Waals surface area contributed by atoms with Gasteiger partial charge in [0.15, 0.2) is 11.6 Å². The molecule has 0 saturated heterocycles. The largest absolute Gasteiger partial charge is 0.268 e. The third-order valence-corrected chi connectivity index (χ3v) is 4.46. The van der Waals surface area contributed by atoms with Gasteiger partial charge in [-0.2, -0.15) is 0 Å². The Bertz CT molecular complexity index is 1260. The molecule has 0 N–H and O–H groups in total. The number of aryl methyl sites for hydroxylation is 1. The third kappa shape index (κ3) is 3.34. The monoisotopic (exact) mass is 374 g/mol. The average Bonchev–Trinajstić information content (AvgIpc) is 2.70. The SMILES string of the molecule is Cc1ccc(-n2c(C=Cc3ccc(F)c(F)c3)nc3ccccc3c2=O)cc1. The molecule has 3 aromatic carbocycles. The fourth-order valence-corrected chi connectivity index (χ4v) is 2.99. The van der Waals surface area contributed by atoms with Crippen molar-refractivity contribution in [3.8, 4) is 5.69 Å². The van der Waals surface area contributed by atoms with Crippen molar-refractivity contribution in [2.45, 2.75) is 6.92 Å². The Morgan fingerprint density at radius 3 is 2.39 bits per heavy atom. The van der Waals surface area contributed by atoms with Gasteiger partial charge >= 0.3 is 0 Å². The molecule has 0 bridgehead atoms. The minimum atomic E-state index is -0.926. The Kier molecular flexibility index (Phi) is 4.57. The van der Waals surface area contributed by atoms with Crippen LogP contribution in [0.4, 0.5) is 8.78 Å². The summed E-state index contributed by atoms with van der Waals surface area (Å²) in [6.07, 6.45) is 3.23. The van der Waals surface area contributed by atoms with E-state index in [1.807, 2.05) is 37.3 Å². The Labute approximate surface area is 160 Å². The zero-order chi connectivity index (χ0) is 19.7. The molecule has 28 heavy (non-hydrogen) atoms. The van der Waals surface area contributed by atoms with Gasteiger partial charge in [0.05, 0.1) is 16.6 Å². The topological polar surface area (TPSA) is 34.9 Å². The molecule has 138 valence electrons. The number of hydrogen-bond donors (Lipinski definition) is 0. The second-order valence-corrected chi connectivity index (χ2v) is 6.47. The van der Waals surface area contributed by atoms with Crippen LogP contribution < -0.4 is 5.56 Å². The van der Waals surface area contributed by atoms with Gasteiger partial charge in [0.25, 0.3) is 5.56 Å². The average molecular weight is 374 g/mol. The number of hydrogen-bond acceptors (Lipinski definition) is 2. The number of halogens is 2. The van der Waals surface area contributed by atoms with E-state index < -0.39 is 11.6 Å². The first-order valence-electron chi connectivity index (χ1n) is 8.75. The maximum absolute atomic E-state index is 13.5. The Balaban J connectivity index is 1.91. The molecule has 4 aromatic rings. The molecule has 0 aliphatic heterocycles. The van der Waals surface area contributed by atoms with E-state index in [1.165, 1.54) is 10.6 Å². The number of aromatic nitrogens is 2. The Hall–Kier alpha value is -3.60. The molecule has 0 unspecified atom stereocenters. The van der Waals surface area contributed by atoms with Crippen molar-refractivity contribution in [3.05, 3.63) is 106 Å². The third-order valence-electron chi connectivity index (χ3n) is 4.46. The summed E-state index contributed by atoms with van der Waals surface area (Å²) in [6, 6.07) is 18.3. The van der Waals surface area contributed by atoms with Crippen LogP contribution in [-0.4, -0.2) is 9.55 Å². The Morgan fingerprint density at radius 1 is 0.893 bits per heavy atom. The highest BCUT2D eigenvalue weighted by atomic mass is 19.2. The predicted octanol–water partition coefficient (Wildman–Crippen LogP) is 5.14. The summed E-state index contributed by atoms with van der Waals surface area (Å²) < 4.78 is 28.1. The first kappa shape index (κ1) is 17.8. The normalized spacial score (nSPS) is 11.4. The van der Waals surface area contributed by atoms with Crippen molar-refractivity contribution in [1.29, 1.82) is 0 Å². The molecule has 0 spiro atoms. The van der Waals surface area contributed by atoms with Crippen molar-refractivity contribution >= 4 is 23.1 Å². The van der Waals surface area contributed by atoms with Gasteiger partial charge < -0.3 is 0 Å². The van der Waals surface area contributed by atoms with Crippen molar-refractivity contribution in [3.63, 3.8) is 0 Å². The van der Waals surface area contributed by atoms with Gasteiger partial charge in [0, 0.05) is 0 Å². The van der Waals surface area contributed by atoms with E-state index in [9.17, 15) is 13.6 Å².